The van der Waals surface area contributed by atoms with Crippen LogP contribution in [0.15, 0.2) is 6.07 Å². The van der Waals surface area contributed by atoms with Crippen molar-refractivity contribution >= 4 is 29.1 Å². The van der Waals surface area contributed by atoms with Gasteiger partial charge in [0.05, 0.1) is 5.56 Å². The van der Waals surface area contributed by atoms with E-state index in [1.807, 2.05) is 0 Å². The topological polar surface area (TPSA) is 36.4 Å². The van der Waals surface area contributed by atoms with Crippen molar-refractivity contribution < 1.29 is 9.18 Å². The summed E-state index contributed by atoms with van der Waals surface area (Å²) in [5, 5.41) is -0.383. The zero-order chi connectivity index (χ0) is 14.0. The van der Waals surface area contributed by atoms with E-state index in [9.17, 15) is 9.18 Å². The van der Waals surface area contributed by atoms with Gasteiger partial charge in [0.25, 0.3) is 5.91 Å². The third kappa shape index (κ3) is 3.16. The number of carbonyl (C=O) groups is 1. The van der Waals surface area contributed by atoms with Gasteiger partial charge in [-0.1, -0.05) is 30.1 Å². The highest BCUT2D eigenvalue weighted by Crippen LogP contribution is 2.22. The van der Waals surface area contributed by atoms with Crippen LogP contribution in [-0.4, -0.2) is 53.4 Å². The van der Waals surface area contributed by atoms with Gasteiger partial charge >= 0.3 is 0 Å². The summed E-state index contributed by atoms with van der Waals surface area (Å²) < 4.78 is 13.4. The minimum Gasteiger partial charge on any atom is -0.336 e. The smallest absolute Gasteiger partial charge is 0.257 e. The number of pyridine rings is 1. The van der Waals surface area contributed by atoms with E-state index < -0.39 is 5.82 Å². The van der Waals surface area contributed by atoms with Gasteiger partial charge in [-0.15, -0.1) is 0 Å². The lowest BCUT2D eigenvalue weighted by Crippen LogP contribution is -2.48. The SMILES string of the molecule is CCN1CCN(C(=O)c2cc(F)c(Cl)nc2Cl)CC1. The molecule has 1 aliphatic rings. The summed E-state index contributed by atoms with van der Waals surface area (Å²) in [6.07, 6.45) is 0. The first-order chi connectivity index (χ1) is 9.02. The molecular formula is C12H14Cl2FN3O. The van der Waals surface area contributed by atoms with E-state index in [-0.39, 0.29) is 21.8 Å². The second-order valence-corrected chi connectivity index (χ2v) is 5.04. The van der Waals surface area contributed by atoms with Crippen molar-refractivity contribution in [1.29, 1.82) is 0 Å². The third-order valence-corrected chi connectivity index (χ3v) is 3.78. The van der Waals surface area contributed by atoms with Crippen molar-refractivity contribution in [3.8, 4) is 0 Å². The van der Waals surface area contributed by atoms with Crippen molar-refractivity contribution in [2.45, 2.75) is 6.92 Å². The molecule has 0 unspecified atom stereocenters. The molecule has 0 saturated carbocycles. The molecule has 1 saturated heterocycles. The first-order valence-corrected chi connectivity index (χ1v) is 6.81. The summed E-state index contributed by atoms with van der Waals surface area (Å²) in [6.45, 7) is 5.86. The Kier molecular flexibility index (Phi) is 4.60. The van der Waals surface area contributed by atoms with Crippen LogP contribution in [0.1, 0.15) is 17.3 Å². The number of amides is 1. The van der Waals surface area contributed by atoms with Crippen LogP contribution in [0.3, 0.4) is 0 Å². The standard InChI is InChI=1S/C12H14Cl2FN3O/c1-2-17-3-5-18(6-4-17)12(19)8-7-9(15)11(14)16-10(8)13/h7H,2-6H2,1H3. The Balaban J connectivity index is 2.14. The Morgan fingerprint density at radius 2 is 1.95 bits per heavy atom. The Bertz CT molecular complexity index is 490. The zero-order valence-electron chi connectivity index (χ0n) is 10.5. The Morgan fingerprint density at radius 1 is 1.32 bits per heavy atom. The van der Waals surface area contributed by atoms with Crippen LogP contribution in [0, 0.1) is 5.82 Å². The highest BCUT2D eigenvalue weighted by molar-refractivity contribution is 6.34. The fourth-order valence-electron chi connectivity index (χ4n) is 2.03. The quantitative estimate of drug-likeness (QED) is 0.787. The fourth-order valence-corrected chi connectivity index (χ4v) is 2.44. The molecule has 4 nitrogen and oxygen atoms in total. The van der Waals surface area contributed by atoms with Crippen LogP contribution in [0.5, 0.6) is 0 Å². The van der Waals surface area contributed by atoms with Crippen molar-refractivity contribution in [2.75, 3.05) is 32.7 Å². The first-order valence-electron chi connectivity index (χ1n) is 6.06. The molecule has 2 rings (SSSR count). The average Bonchev–Trinajstić information content (AvgIpc) is 2.42. The predicted octanol–water partition coefficient (Wildman–Crippen LogP) is 2.31. The molecule has 19 heavy (non-hydrogen) atoms. The molecule has 0 atom stereocenters. The third-order valence-electron chi connectivity index (χ3n) is 3.22. The van der Waals surface area contributed by atoms with Crippen LogP contribution in [-0.2, 0) is 0 Å². The normalized spacial score (nSPS) is 16.7. The van der Waals surface area contributed by atoms with Gasteiger partial charge in [-0.3, -0.25) is 4.79 Å². The Morgan fingerprint density at radius 3 is 2.53 bits per heavy atom. The zero-order valence-corrected chi connectivity index (χ0v) is 12.0. The molecule has 2 heterocycles. The van der Waals surface area contributed by atoms with Crippen LogP contribution < -0.4 is 0 Å². The number of halogens is 3. The number of likely N-dealkylation sites (N-methyl/N-ethyl adjacent to an activating group) is 1. The molecule has 1 aromatic rings. The fraction of sp³-hybridized carbons (Fsp3) is 0.500. The molecule has 0 aliphatic carbocycles. The van der Waals surface area contributed by atoms with Gasteiger partial charge in [0.2, 0.25) is 0 Å². The van der Waals surface area contributed by atoms with Gasteiger partial charge in [-0.2, -0.15) is 0 Å². The molecule has 1 amide bonds. The summed E-state index contributed by atoms with van der Waals surface area (Å²) in [5.41, 5.74) is 0.0634. The van der Waals surface area contributed by atoms with Crippen molar-refractivity contribution in [3.63, 3.8) is 0 Å². The van der Waals surface area contributed by atoms with E-state index in [0.717, 1.165) is 25.7 Å². The van der Waals surface area contributed by atoms with Gasteiger partial charge in [0.1, 0.15) is 5.15 Å². The van der Waals surface area contributed by atoms with E-state index in [4.69, 9.17) is 23.2 Å². The predicted molar refractivity (Wildman–Crippen MR) is 72.2 cm³/mol. The molecule has 104 valence electrons. The maximum absolute atomic E-state index is 13.4. The number of aromatic nitrogens is 1. The van der Waals surface area contributed by atoms with Crippen molar-refractivity contribution in [2.24, 2.45) is 0 Å². The maximum Gasteiger partial charge on any atom is 0.257 e. The second-order valence-electron chi connectivity index (χ2n) is 4.33. The van der Waals surface area contributed by atoms with Crippen LogP contribution in [0.4, 0.5) is 4.39 Å². The van der Waals surface area contributed by atoms with Crippen LogP contribution in [0.25, 0.3) is 0 Å². The molecule has 7 heteroatoms. The van der Waals surface area contributed by atoms with E-state index in [0.29, 0.717) is 13.1 Å². The molecule has 1 fully saturated rings. The number of rotatable bonds is 2. The van der Waals surface area contributed by atoms with E-state index in [1.54, 1.807) is 4.90 Å². The summed E-state index contributed by atoms with van der Waals surface area (Å²) in [4.78, 5) is 19.8. The van der Waals surface area contributed by atoms with E-state index in [2.05, 4.69) is 16.8 Å². The molecule has 0 N–H and O–H groups in total. The lowest BCUT2D eigenvalue weighted by atomic mass is 10.2. The van der Waals surface area contributed by atoms with Gasteiger partial charge in [-0.05, 0) is 12.6 Å². The molecular weight excluding hydrogens is 292 g/mol. The van der Waals surface area contributed by atoms with Gasteiger partial charge in [-0.25, -0.2) is 9.37 Å². The number of nitrogens with zero attached hydrogens (tertiary/aromatic N) is 3. The lowest BCUT2D eigenvalue weighted by Gasteiger charge is -2.34. The van der Waals surface area contributed by atoms with Crippen LogP contribution in [0.2, 0.25) is 10.3 Å². The summed E-state index contributed by atoms with van der Waals surface area (Å²) in [6, 6.07) is 1.05. The minimum atomic E-state index is -0.735. The van der Waals surface area contributed by atoms with Gasteiger partial charge < -0.3 is 9.80 Å². The Hall–Kier alpha value is -0.910. The second kappa shape index (κ2) is 6.03. The molecule has 0 aromatic carbocycles. The first kappa shape index (κ1) is 14.5. The highest BCUT2D eigenvalue weighted by Gasteiger charge is 2.24. The largest absolute Gasteiger partial charge is 0.336 e. The highest BCUT2D eigenvalue weighted by atomic mass is 35.5. The number of hydrogen-bond donors (Lipinski definition) is 0. The summed E-state index contributed by atoms with van der Waals surface area (Å²) in [5.74, 6) is -1.04. The Labute approximate surface area is 121 Å². The number of hydrogen-bond acceptors (Lipinski definition) is 3. The van der Waals surface area contributed by atoms with Gasteiger partial charge in [0, 0.05) is 26.2 Å². The lowest BCUT2D eigenvalue weighted by molar-refractivity contribution is 0.0642. The monoisotopic (exact) mass is 305 g/mol. The average molecular weight is 306 g/mol. The number of piperazine rings is 1. The van der Waals surface area contributed by atoms with Crippen LogP contribution >= 0.6 is 23.2 Å². The van der Waals surface area contributed by atoms with E-state index in [1.165, 1.54) is 0 Å². The van der Waals surface area contributed by atoms with Crippen molar-refractivity contribution in [3.05, 3.63) is 27.8 Å². The molecule has 0 radical (unpaired) electrons. The molecule has 0 bridgehead atoms. The number of carbonyl (C=O) groups excluding carboxylic acids is 1. The van der Waals surface area contributed by atoms with E-state index >= 15 is 0 Å². The molecule has 1 aliphatic heterocycles. The minimum absolute atomic E-state index is 0.0608. The summed E-state index contributed by atoms with van der Waals surface area (Å²) in [7, 11) is 0. The summed E-state index contributed by atoms with van der Waals surface area (Å²) >= 11 is 11.4. The maximum atomic E-state index is 13.4. The molecule has 1 aromatic heterocycles. The molecule has 0 spiro atoms. The van der Waals surface area contributed by atoms with Gasteiger partial charge in [0.15, 0.2) is 11.0 Å². The van der Waals surface area contributed by atoms with Crippen molar-refractivity contribution in [1.82, 2.24) is 14.8 Å².